The van der Waals surface area contributed by atoms with Gasteiger partial charge in [-0.3, -0.25) is 0 Å². The van der Waals surface area contributed by atoms with Crippen molar-refractivity contribution < 1.29 is 14.6 Å². The van der Waals surface area contributed by atoms with E-state index in [-0.39, 0.29) is 11.7 Å². The third kappa shape index (κ3) is 3.60. The predicted molar refractivity (Wildman–Crippen MR) is 70.5 cm³/mol. The molecule has 1 spiro atoms. The Balaban J connectivity index is 1.79. The molecule has 0 aromatic rings. The van der Waals surface area contributed by atoms with Gasteiger partial charge in [0.05, 0.1) is 18.3 Å². The van der Waals surface area contributed by atoms with E-state index < -0.39 is 0 Å². The number of ether oxygens (including phenoxy) is 2. The average Bonchev–Trinajstić information content (AvgIpc) is 2.77. The van der Waals surface area contributed by atoms with Gasteiger partial charge in [0, 0.05) is 19.6 Å². The summed E-state index contributed by atoms with van der Waals surface area (Å²) in [5.74, 6) is 1.56. The second-order valence-corrected chi connectivity index (χ2v) is 6.27. The van der Waals surface area contributed by atoms with Crippen molar-refractivity contribution in [3.8, 4) is 0 Å². The first-order chi connectivity index (χ1) is 8.26. The van der Waals surface area contributed by atoms with E-state index in [0.717, 1.165) is 57.7 Å². The molecule has 0 aromatic carbocycles. The molecular formula is C13H24O3S. The Morgan fingerprint density at radius 1 is 1.47 bits per heavy atom. The molecule has 0 aromatic heterocycles. The van der Waals surface area contributed by atoms with E-state index in [9.17, 15) is 5.11 Å². The minimum absolute atomic E-state index is 0.0661. The molecule has 17 heavy (non-hydrogen) atoms. The van der Waals surface area contributed by atoms with Gasteiger partial charge in [-0.1, -0.05) is 0 Å². The first-order valence-corrected chi connectivity index (χ1v) is 8.04. The van der Waals surface area contributed by atoms with E-state index in [0.29, 0.717) is 5.92 Å². The molecule has 0 bridgehead atoms. The fourth-order valence-corrected chi connectivity index (χ4v) is 3.39. The molecule has 3 unspecified atom stereocenters. The van der Waals surface area contributed by atoms with Crippen LogP contribution in [0.2, 0.25) is 0 Å². The van der Waals surface area contributed by atoms with Crippen molar-refractivity contribution in [3.05, 3.63) is 0 Å². The quantitative estimate of drug-likeness (QED) is 0.768. The Labute approximate surface area is 108 Å². The van der Waals surface area contributed by atoms with E-state index >= 15 is 0 Å². The standard InChI is InChI=1S/C13H24O3S/c1-17-8-2-3-12(14)11-4-6-16-13(9-11)5-7-15-10-13/h11-12,14H,2-10H2,1H3. The maximum atomic E-state index is 10.2. The number of thioether (sulfide) groups is 1. The maximum absolute atomic E-state index is 10.2. The molecule has 0 saturated carbocycles. The van der Waals surface area contributed by atoms with E-state index in [1.807, 2.05) is 11.8 Å². The molecule has 2 heterocycles. The van der Waals surface area contributed by atoms with Gasteiger partial charge < -0.3 is 14.6 Å². The van der Waals surface area contributed by atoms with Gasteiger partial charge >= 0.3 is 0 Å². The normalized spacial score (nSPS) is 35.3. The van der Waals surface area contributed by atoms with Crippen molar-refractivity contribution in [1.29, 1.82) is 0 Å². The Morgan fingerprint density at radius 2 is 2.35 bits per heavy atom. The first-order valence-electron chi connectivity index (χ1n) is 6.64. The van der Waals surface area contributed by atoms with Crippen molar-refractivity contribution in [2.75, 3.05) is 31.8 Å². The lowest BCUT2D eigenvalue weighted by atomic mass is 9.81. The third-order valence-electron chi connectivity index (χ3n) is 3.99. The Kier molecular flexibility index (Phi) is 5.15. The second kappa shape index (κ2) is 6.41. The van der Waals surface area contributed by atoms with Gasteiger partial charge in [0.2, 0.25) is 0 Å². The lowest BCUT2D eigenvalue weighted by Crippen LogP contribution is -2.43. The summed E-state index contributed by atoms with van der Waals surface area (Å²) >= 11 is 1.85. The topological polar surface area (TPSA) is 38.7 Å². The summed E-state index contributed by atoms with van der Waals surface area (Å²) in [4.78, 5) is 0. The highest BCUT2D eigenvalue weighted by Crippen LogP contribution is 2.37. The number of hydrogen-bond donors (Lipinski definition) is 1. The Hall–Kier alpha value is 0.230. The van der Waals surface area contributed by atoms with Crippen molar-refractivity contribution in [1.82, 2.24) is 0 Å². The Bertz CT molecular complexity index is 229. The number of aliphatic hydroxyl groups is 1. The van der Waals surface area contributed by atoms with E-state index in [1.54, 1.807) is 0 Å². The largest absolute Gasteiger partial charge is 0.393 e. The van der Waals surface area contributed by atoms with Crippen LogP contribution in [0.15, 0.2) is 0 Å². The van der Waals surface area contributed by atoms with Crippen molar-refractivity contribution in [2.45, 2.75) is 43.8 Å². The van der Waals surface area contributed by atoms with Crippen LogP contribution < -0.4 is 0 Å². The minimum Gasteiger partial charge on any atom is -0.393 e. The predicted octanol–water partition coefficient (Wildman–Crippen LogP) is 2.08. The van der Waals surface area contributed by atoms with Crippen LogP contribution in [0.25, 0.3) is 0 Å². The van der Waals surface area contributed by atoms with Crippen LogP contribution in [0.4, 0.5) is 0 Å². The molecule has 0 aliphatic carbocycles. The molecular weight excluding hydrogens is 236 g/mol. The zero-order valence-electron chi connectivity index (χ0n) is 10.7. The highest BCUT2D eigenvalue weighted by Gasteiger charge is 2.42. The Morgan fingerprint density at radius 3 is 3.06 bits per heavy atom. The van der Waals surface area contributed by atoms with Crippen LogP contribution in [0.1, 0.15) is 32.1 Å². The molecule has 2 aliphatic heterocycles. The highest BCUT2D eigenvalue weighted by atomic mass is 32.2. The summed E-state index contributed by atoms with van der Waals surface area (Å²) in [5.41, 5.74) is -0.0661. The third-order valence-corrected chi connectivity index (χ3v) is 4.69. The molecule has 2 fully saturated rings. The second-order valence-electron chi connectivity index (χ2n) is 5.29. The van der Waals surface area contributed by atoms with Gasteiger partial charge in [0.15, 0.2) is 0 Å². The van der Waals surface area contributed by atoms with Crippen LogP contribution in [-0.2, 0) is 9.47 Å². The molecule has 3 atom stereocenters. The van der Waals surface area contributed by atoms with Crippen molar-refractivity contribution in [2.24, 2.45) is 5.92 Å². The van der Waals surface area contributed by atoms with Gasteiger partial charge in [0.1, 0.15) is 0 Å². The fourth-order valence-electron chi connectivity index (χ4n) is 2.93. The van der Waals surface area contributed by atoms with Crippen LogP contribution >= 0.6 is 11.8 Å². The van der Waals surface area contributed by atoms with E-state index in [2.05, 4.69) is 6.26 Å². The summed E-state index contributed by atoms with van der Waals surface area (Å²) in [6.07, 6.45) is 7.00. The summed E-state index contributed by atoms with van der Waals surface area (Å²) in [6, 6.07) is 0. The van der Waals surface area contributed by atoms with Gasteiger partial charge in [-0.2, -0.15) is 11.8 Å². The molecule has 2 rings (SSSR count). The van der Waals surface area contributed by atoms with Gasteiger partial charge in [-0.05, 0) is 43.6 Å². The van der Waals surface area contributed by atoms with Crippen molar-refractivity contribution >= 4 is 11.8 Å². The number of hydrogen-bond acceptors (Lipinski definition) is 4. The number of aliphatic hydroxyl groups excluding tert-OH is 1. The smallest absolute Gasteiger partial charge is 0.0940 e. The lowest BCUT2D eigenvalue weighted by Gasteiger charge is -2.39. The average molecular weight is 260 g/mol. The van der Waals surface area contributed by atoms with Crippen LogP contribution in [-0.4, -0.2) is 48.6 Å². The first kappa shape index (κ1) is 13.7. The molecule has 2 saturated heterocycles. The lowest BCUT2D eigenvalue weighted by molar-refractivity contribution is -0.117. The molecule has 100 valence electrons. The van der Waals surface area contributed by atoms with Gasteiger partial charge in [-0.15, -0.1) is 0 Å². The maximum Gasteiger partial charge on any atom is 0.0940 e. The monoisotopic (exact) mass is 260 g/mol. The fraction of sp³-hybridized carbons (Fsp3) is 1.00. The van der Waals surface area contributed by atoms with Crippen LogP contribution in [0.3, 0.4) is 0 Å². The molecule has 4 heteroatoms. The van der Waals surface area contributed by atoms with Crippen LogP contribution in [0, 0.1) is 5.92 Å². The van der Waals surface area contributed by atoms with E-state index in [1.165, 1.54) is 0 Å². The van der Waals surface area contributed by atoms with Crippen molar-refractivity contribution in [3.63, 3.8) is 0 Å². The van der Waals surface area contributed by atoms with Gasteiger partial charge in [-0.25, -0.2) is 0 Å². The zero-order chi connectivity index (χ0) is 12.1. The summed E-state index contributed by atoms with van der Waals surface area (Å²) < 4.78 is 11.3. The summed E-state index contributed by atoms with van der Waals surface area (Å²) in [6.45, 7) is 2.32. The molecule has 0 radical (unpaired) electrons. The molecule has 0 amide bonds. The number of rotatable bonds is 5. The highest BCUT2D eigenvalue weighted by molar-refractivity contribution is 7.98. The van der Waals surface area contributed by atoms with Crippen LogP contribution in [0.5, 0.6) is 0 Å². The minimum atomic E-state index is -0.150. The SMILES string of the molecule is CSCCCC(O)C1CCOC2(CCOC2)C1. The summed E-state index contributed by atoms with van der Waals surface area (Å²) in [5, 5.41) is 10.2. The molecule has 1 N–H and O–H groups in total. The summed E-state index contributed by atoms with van der Waals surface area (Å²) in [7, 11) is 0. The molecule has 3 nitrogen and oxygen atoms in total. The zero-order valence-corrected chi connectivity index (χ0v) is 11.5. The van der Waals surface area contributed by atoms with Gasteiger partial charge in [0.25, 0.3) is 0 Å². The van der Waals surface area contributed by atoms with E-state index in [4.69, 9.17) is 9.47 Å². The molecule has 2 aliphatic rings.